The lowest BCUT2D eigenvalue weighted by atomic mass is 9.69. The van der Waals surface area contributed by atoms with E-state index in [1.807, 2.05) is 0 Å². The highest BCUT2D eigenvalue weighted by molar-refractivity contribution is 6.37. The Morgan fingerprint density at radius 1 is 1.08 bits per heavy atom. The van der Waals surface area contributed by atoms with E-state index in [-0.39, 0.29) is 22.3 Å². The van der Waals surface area contributed by atoms with Crippen LogP contribution in [0.2, 0.25) is 0 Å². The summed E-state index contributed by atoms with van der Waals surface area (Å²) in [5.41, 5.74) is -2.81. The quantitative estimate of drug-likeness (QED) is 0.717. The summed E-state index contributed by atoms with van der Waals surface area (Å²) in [5.74, 6) is -4.82. The van der Waals surface area contributed by atoms with E-state index in [0.717, 1.165) is 6.92 Å². The van der Waals surface area contributed by atoms with Crippen molar-refractivity contribution in [1.82, 2.24) is 0 Å². The fourth-order valence-corrected chi connectivity index (χ4v) is 3.56. The van der Waals surface area contributed by atoms with Crippen LogP contribution in [0, 0.1) is 12.8 Å². The van der Waals surface area contributed by atoms with Crippen molar-refractivity contribution in [3.8, 4) is 17.2 Å². The molecule has 0 amide bonds. The first-order valence-corrected chi connectivity index (χ1v) is 7.95. The van der Waals surface area contributed by atoms with E-state index in [4.69, 9.17) is 4.74 Å². The third-order valence-electron chi connectivity index (χ3n) is 5.13. The fourth-order valence-electron chi connectivity index (χ4n) is 3.56. The lowest BCUT2D eigenvalue weighted by molar-refractivity contribution is -0.125. The Balaban J connectivity index is 2.55. The molecule has 136 valence electrons. The van der Waals surface area contributed by atoms with Crippen LogP contribution in [0.4, 0.5) is 0 Å². The molecular formula is C19H18O7. The van der Waals surface area contributed by atoms with E-state index in [2.05, 4.69) is 0 Å². The van der Waals surface area contributed by atoms with Crippen LogP contribution in [-0.2, 0) is 4.79 Å². The molecule has 1 aliphatic carbocycles. The zero-order valence-electron chi connectivity index (χ0n) is 14.7. The molecule has 2 atom stereocenters. The van der Waals surface area contributed by atoms with Crippen molar-refractivity contribution in [3.63, 3.8) is 0 Å². The van der Waals surface area contributed by atoms with Crippen molar-refractivity contribution >= 4 is 28.1 Å². The van der Waals surface area contributed by atoms with Gasteiger partial charge in [0.1, 0.15) is 23.0 Å². The number of carbonyl (C=O) groups is 3. The molecule has 0 spiro atoms. The summed E-state index contributed by atoms with van der Waals surface area (Å²) < 4.78 is 5.23. The maximum Gasteiger partial charge on any atom is 0.207 e. The molecule has 7 heteroatoms. The smallest absolute Gasteiger partial charge is 0.207 e. The highest BCUT2D eigenvalue weighted by Gasteiger charge is 2.56. The van der Waals surface area contributed by atoms with Gasteiger partial charge in [-0.3, -0.25) is 14.4 Å². The van der Waals surface area contributed by atoms with Gasteiger partial charge in [-0.25, -0.2) is 0 Å². The van der Waals surface area contributed by atoms with E-state index in [1.165, 1.54) is 26.2 Å². The van der Waals surface area contributed by atoms with Crippen molar-refractivity contribution in [2.24, 2.45) is 5.92 Å². The Morgan fingerprint density at radius 3 is 2.04 bits per heavy atom. The molecule has 0 aromatic heterocycles. The average Bonchev–Trinajstić information content (AvgIpc) is 2.57. The molecule has 0 saturated heterocycles. The van der Waals surface area contributed by atoms with Crippen LogP contribution in [0.1, 0.15) is 40.1 Å². The maximum atomic E-state index is 13.0. The molecule has 2 aromatic carbocycles. The second-order valence-corrected chi connectivity index (χ2v) is 6.57. The Labute approximate surface area is 148 Å². The highest BCUT2D eigenvalue weighted by atomic mass is 16.5. The van der Waals surface area contributed by atoms with Crippen molar-refractivity contribution in [3.05, 3.63) is 28.8 Å². The van der Waals surface area contributed by atoms with Gasteiger partial charge in [-0.2, -0.15) is 0 Å². The first-order valence-electron chi connectivity index (χ1n) is 7.95. The molecule has 0 unspecified atom stereocenters. The summed E-state index contributed by atoms with van der Waals surface area (Å²) in [6, 6.07) is 2.52. The van der Waals surface area contributed by atoms with Crippen LogP contribution >= 0.6 is 0 Å². The zero-order chi connectivity index (χ0) is 19.5. The standard InChI is InChI=1S/C19H18O7/c1-7-5-10(21)14-16-13(7)12(26-4)6-11(22)15(16)18(24)19(25,17(14)23)8(2)9(3)20/h5-6,8,21-22,25H,1-4H3/t8-,19-/m1/s1. The minimum atomic E-state index is -2.70. The predicted octanol–water partition coefficient (Wildman–Crippen LogP) is 1.90. The summed E-state index contributed by atoms with van der Waals surface area (Å²) in [7, 11) is 1.36. The number of rotatable bonds is 3. The molecule has 0 saturated carbocycles. The molecule has 7 nitrogen and oxygen atoms in total. The number of aryl methyl sites for hydroxylation is 1. The van der Waals surface area contributed by atoms with Gasteiger partial charge >= 0.3 is 0 Å². The van der Waals surface area contributed by atoms with E-state index < -0.39 is 40.4 Å². The molecule has 0 aliphatic heterocycles. The first-order chi connectivity index (χ1) is 12.1. The lowest BCUT2D eigenvalue weighted by Crippen LogP contribution is -2.55. The molecular weight excluding hydrogens is 340 g/mol. The van der Waals surface area contributed by atoms with Crippen LogP contribution in [0.5, 0.6) is 17.2 Å². The van der Waals surface area contributed by atoms with Gasteiger partial charge in [-0.1, -0.05) is 6.92 Å². The molecule has 0 heterocycles. The number of benzene rings is 2. The summed E-state index contributed by atoms with van der Waals surface area (Å²) in [6.45, 7) is 4.06. The Morgan fingerprint density at radius 2 is 1.58 bits per heavy atom. The van der Waals surface area contributed by atoms with Gasteiger partial charge < -0.3 is 20.1 Å². The van der Waals surface area contributed by atoms with Gasteiger partial charge in [-0.15, -0.1) is 0 Å². The number of phenols is 2. The van der Waals surface area contributed by atoms with Crippen LogP contribution in [0.25, 0.3) is 10.8 Å². The van der Waals surface area contributed by atoms with E-state index in [1.54, 1.807) is 6.92 Å². The molecule has 0 bridgehead atoms. The molecule has 0 fully saturated rings. The Hall–Kier alpha value is -2.93. The Kier molecular flexibility index (Phi) is 3.81. The molecule has 26 heavy (non-hydrogen) atoms. The third kappa shape index (κ3) is 2.00. The monoisotopic (exact) mass is 358 g/mol. The number of hydrogen-bond donors (Lipinski definition) is 3. The van der Waals surface area contributed by atoms with Crippen LogP contribution in [-0.4, -0.2) is 45.4 Å². The topological polar surface area (TPSA) is 121 Å². The number of Topliss-reactive ketones (excluding diaryl/α,β-unsaturated/α-hetero) is 3. The lowest BCUT2D eigenvalue weighted by Gasteiger charge is -2.35. The summed E-state index contributed by atoms with van der Waals surface area (Å²) in [6.07, 6.45) is 0. The normalized spacial score (nSPS) is 20.3. The van der Waals surface area contributed by atoms with E-state index in [9.17, 15) is 29.7 Å². The summed E-state index contributed by atoms with van der Waals surface area (Å²) in [4.78, 5) is 37.8. The van der Waals surface area contributed by atoms with E-state index >= 15 is 0 Å². The van der Waals surface area contributed by atoms with Gasteiger partial charge in [0.15, 0.2) is 5.60 Å². The summed E-state index contributed by atoms with van der Waals surface area (Å²) >= 11 is 0. The third-order valence-corrected chi connectivity index (χ3v) is 5.13. The van der Waals surface area contributed by atoms with Gasteiger partial charge in [0.2, 0.25) is 11.6 Å². The number of carbonyl (C=O) groups excluding carboxylic acids is 3. The van der Waals surface area contributed by atoms with Crippen molar-refractivity contribution in [1.29, 1.82) is 0 Å². The predicted molar refractivity (Wildman–Crippen MR) is 92.0 cm³/mol. The molecule has 1 aliphatic rings. The van der Waals surface area contributed by atoms with Crippen molar-refractivity contribution < 1.29 is 34.4 Å². The van der Waals surface area contributed by atoms with Crippen molar-refractivity contribution in [2.75, 3.05) is 7.11 Å². The number of ether oxygens (including phenoxy) is 1. The van der Waals surface area contributed by atoms with Crippen LogP contribution in [0.15, 0.2) is 12.1 Å². The number of methoxy groups -OCH3 is 1. The summed E-state index contributed by atoms with van der Waals surface area (Å²) in [5, 5.41) is 32.0. The molecule has 0 radical (unpaired) electrons. The van der Waals surface area contributed by atoms with E-state index in [0.29, 0.717) is 10.9 Å². The second kappa shape index (κ2) is 5.54. The zero-order valence-corrected chi connectivity index (χ0v) is 14.7. The number of phenolic OH excluding ortho intramolecular Hbond substituents is 2. The molecule has 3 rings (SSSR count). The van der Waals surface area contributed by atoms with Gasteiger partial charge in [0.25, 0.3) is 0 Å². The molecule has 3 N–H and O–H groups in total. The fraction of sp³-hybridized carbons (Fsp3) is 0.316. The minimum Gasteiger partial charge on any atom is -0.507 e. The minimum absolute atomic E-state index is 0.00905. The van der Waals surface area contributed by atoms with Crippen LogP contribution in [0.3, 0.4) is 0 Å². The first kappa shape index (κ1) is 17.9. The van der Waals surface area contributed by atoms with Gasteiger partial charge in [0, 0.05) is 16.8 Å². The average molecular weight is 358 g/mol. The SMILES string of the molecule is COc1cc(O)c2c3c(c(O)cc(C)c13)C(=O)[C@](O)([C@H](C)C(C)=O)C2=O. The highest BCUT2D eigenvalue weighted by Crippen LogP contribution is 2.48. The Bertz CT molecular complexity index is 981. The van der Waals surface area contributed by atoms with Crippen LogP contribution < -0.4 is 4.74 Å². The van der Waals surface area contributed by atoms with Crippen molar-refractivity contribution in [2.45, 2.75) is 26.4 Å². The molecule has 2 aromatic rings. The maximum absolute atomic E-state index is 13.0. The van der Waals surface area contributed by atoms with Gasteiger partial charge in [-0.05, 0) is 25.5 Å². The number of ketones is 3. The number of aromatic hydroxyl groups is 2. The second-order valence-electron chi connectivity index (χ2n) is 6.57. The van der Waals surface area contributed by atoms with Gasteiger partial charge in [0.05, 0.1) is 24.2 Å². The number of aliphatic hydroxyl groups is 1. The number of hydrogen-bond acceptors (Lipinski definition) is 7. The largest absolute Gasteiger partial charge is 0.507 e.